The second-order valence-electron chi connectivity index (χ2n) is 4.48. The molecule has 0 saturated heterocycles. The molecule has 5 heteroatoms. The fourth-order valence-corrected chi connectivity index (χ4v) is 2.46. The third kappa shape index (κ3) is 3.32. The largest absolute Gasteiger partial charge is 0.398 e. The first-order valence-corrected chi connectivity index (χ1v) is 7.20. The lowest BCUT2D eigenvalue weighted by Crippen LogP contribution is -2.27. The standard InChI is InChI=1S/C15H14BrClN2O/c1-19(9-10-4-2-3-5-13(10)17)15(20)12-7-6-11(16)8-14(12)18/h2-8H,9,18H2,1H3. The van der Waals surface area contributed by atoms with E-state index in [0.717, 1.165) is 10.0 Å². The summed E-state index contributed by atoms with van der Waals surface area (Å²) in [5.74, 6) is -0.130. The molecule has 3 nitrogen and oxygen atoms in total. The topological polar surface area (TPSA) is 46.3 Å². The lowest BCUT2D eigenvalue weighted by atomic mass is 10.1. The molecule has 0 bridgehead atoms. The van der Waals surface area contributed by atoms with E-state index in [1.54, 1.807) is 30.1 Å². The maximum absolute atomic E-state index is 12.4. The van der Waals surface area contributed by atoms with E-state index in [4.69, 9.17) is 17.3 Å². The number of carbonyl (C=O) groups excluding carboxylic acids is 1. The van der Waals surface area contributed by atoms with Gasteiger partial charge in [0.1, 0.15) is 0 Å². The van der Waals surface area contributed by atoms with Crippen LogP contribution in [0.4, 0.5) is 5.69 Å². The van der Waals surface area contributed by atoms with Crippen molar-refractivity contribution in [3.63, 3.8) is 0 Å². The molecule has 0 spiro atoms. The number of nitrogens with two attached hydrogens (primary N) is 1. The summed E-state index contributed by atoms with van der Waals surface area (Å²) in [4.78, 5) is 14.0. The molecule has 0 aliphatic rings. The number of hydrogen-bond acceptors (Lipinski definition) is 2. The zero-order chi connectivity index (χ0) is 14.7. The third-order valence-electron chi connectivity index (χ3n) is 2.96. The Balaban J connectivity index is 2.19. The van der Waals surface area contributed by atoms with Gasteiger partial charge in [0.05, 0.1) is 5.56 Å². The summed E-state index contributed by atoms with van der Waals surface area (Å²) in [6.45, 7) is 0.439. The smallest absolute Gasteiger partial charge is 0.255 e. The van der Waals surface area contributed by atoms with Crippen LogP contribution < -0.4 is 5.73 Å². The van der Waals surface area contributed by atoms with E-state index in [1.807, 2.05) is 24.3 Å². The van der Waals surface area contributed by atoms with Crippen molar-refractivity contribution in [2.45, 2.75) is 6.54 Å². The summed E-state index contributed by atoms with van der Waals surface area (Å²) < 4.78 is 0.848. The number of nitrogens with zero attached hydrogens (tertiary/aromatic N) is 1. The summed E-state index contributed by atoms with van der Waals surface area (Å²) >= 11 is 9.43. The van der Waals surface area contributed by atoms with Crippen LogP contribution in [-0.4, -0.2) is 17.9 Å². The van der Waals surface area contributed by atoms with Gasteiger partial charge in [0.2, 0.25) is 0 Å². The van der Waals surface area contributed by atoms with Gasteiger partial charge in [-0.3, -0.25) is 4.79 Å². The van der Waals surface area contributed by atoms with Crippen molar-refractivity contribution in [2.24, 2.45) is 0 Å². The highest BCUT2D eigenvalue weighted by Crippen LogP contribution is 2.22. The average molecular weight is 354 g/mol. The van der Waals surface area contributed by atoms with Crippen LogP contribution in [0.25, 0.3) is 0 Å². The van der Waals surface area contributed by atoms with Gasteiger partial charge in [-0.2, -0.15) is 0 Å². The number of hydrogen-bond donors (Lipinski definition) is 1. The molecule has 2 aromatic rings. The molecule has 0 heterocycles. The first-order chi connectivity index (χ1) is 9.49. The summed E-state index contributed by atoms with van der Waals surface area (Å²) in [6.07, 6.45) is 0. The van der Waals surface area contributed by atoms with E-state index in [1.165, 1.54) is 0 Å². The van der Waals surface area contributed by atoms with Crippen molar-refractivity contribution in [3.05, 3.63) is 63.1 Å². The minimum atomic E-state index is -0.130. The minimum absolute atomic E-state index is 0.130. The molecule has 2 aromatic carbocycles. The Bertz CT molecular complexity index is 646. The van der Waals surface area contributed by atoms with E-state index < -0.39 is 0 Å². The van der Waals surface area contributed by atoms with Gasteiger partial charge in [-0.15, -0.1) is 0 Å². The molecular formula is C15H14BrClN2O. The van der Waals surface area contributed by atoms with Crippen LogP contribution in [0.1, 0.15) is 15.9 Å². The Morgan fingerprint density at radius 2 is 2.00 bits per heavy atom. The maximum Gasteiger partial charge on any atom is 0.255 e. The van der Waals surface area contributed by atoms with Gasteiger partial charge < -0.3 is 10.6 Å². The zero-order valence-electron chi connectivity index (χ0n) is 10.9. The second-order valence-corrected chi connectivity index (χ2v) is 5.81. The normalized spacial score (nSPS) is 10.3. The number of halogens is 2. The minimum Gasteiger partial charge on any atom is -0.398 e. The molecule has 104 valence electrons. The highest BCUT2D eigenvalue weighted by atomic mass is 79.9. The van der Waals surface area contributed by atoms with E-state index in [0.29, 0.717) is 22.8 Å². The third-order valence-corrected chi connectivity index (χ3v) is 3.82. The predicted molar refractivity (Wildman–Crippen MR) is 85.8 cm³/mol. The van der Waals surface area contributed by atoms with Gasteiger partial charge in [0.15, 0.2) is 0 Å². The quantitative estimate of drug-likeness (QED) is 0.849. The van der Waals surface area contributed by atoms with Crippen LogP contribution in [0.3, 0.4) is 0 Å². The van der Waals surface area contributed by atoms with Crippen LogP contribution >= 0.6 is 27.5 Å². The maximum atomic E-state index is 12.4. The number of anilines is 1. The van der Waals surface area contributed by atoms with E-state index >= 15 is 0 Å². The lowest BCUT2D eigenvalue weighted by molar-refractivity contribution is 0.0786. The van der Waals surface area contributed by atoms with Crippen molar-refractivity contribution >= 4 is 39.1 Å². The van der Waals surface area contributed by atoms with E-state index in [2.05, 4.69) is 15.9 Å². The van der Waals surface area contributed by atoms with Crippen LogP contribution in [0.15, 0.2) is 46.9 Å². The van der Waals surface area contributed by atoms with E-state index in [9.17, 15) is 4.79 Å². The molecule has 20 heavy (non-hydrogen) atoms. The van der Waals surface area contributed by atoms with Gasteiger partial charge in [-0.25, -0.2) is 0 Å². The Morgan fingerprint density at radius 3 is 2.65 bits per heavy atom. The first-order valence-electron chi connectivity index (χ1n) is 6.03. The number of amides is 1. The molecule has 0 aromatic heterocycles. The van der Waals surface area contributed by atoms with Gasteiger partial charge in [-0.1, -0.05) is 45.7 Å². The summed E-state index contributed by atoms with van der Waals surface area (Å²) in [6, 6.07) is 12.7. The Labute approximate surface area is 131 Å². The van der Waals surface area contributed by atoms with Crippen LogP contribution in [-0.2, 0) is 6.54 Å². The molecule has 0 atom stereocenters. The fourth-order valence-electron chi connectivity index (χ4n) is 1.89. The predicted octanol–water partition coefficient (Wildman–Crippen LogP) is 3.96. The molecule has 0 radical (unpaired) electrons. The highest BCUT2D eigenvalue weighted by Gasteiger charge is 2.15. The van der Waals surface area contributed by atoms with Gasteiger partial charge in [0, 0.05) is 28.8 Å². The van der Waals surface area contributed by atoms with Crippen LogP contribution in [0, 0.1) is 0 Å². The summed E-state index contributed by atoms with van der Waals surface area (Å²) in [5.41, 5.74) is 7.73. The molecule has 2 N–H and O–H groups in total. The van der Waals surface area contributed by atoms with Crippen molar-refractivity contribution in [1.29, 1.82) is 0 Å². The van der Waals surface area contributed by atoms with Gasteiger partial charge in [0.25, 0.3) is 5.91 Å². The van der Waals surface area contributed by atoms with Gasteiger partial charge in [-0.05, 0) is 29.8 Å². The lowest BCUT2D eigenvalue weighted by Gasteiger charge is -2.19. The monoisotopic (exact) mass is 352 g/mol. The molecule has 0 aliphatic carbocycles. The Kier molecular flexibility index (Phi) is 4.68. The number of nitrogen functional groups attached to an aromatic ring is 1. The number of benzene rings is 2. The molecule has 2 rings (SSSR count). The SMILES string of the molecule is CN(Cc1ccccc1Cl)C(=O)c1ccc(Br)cc1N. The van der Waals surface area contributed by atoms with Crippen molar-refractivity contribution in [2.75, 3.05) is 12.8 Å². The van der Waals surface area contributed by atoms with Crippen molar-refractivity contribution < 1.29 is 4.79 Å². The van der Waals surface area contributed by atoms with Crippen molar-refractivity contribution in [1.82, 2.24) is 4.90 Å². The molecule has 1 amide bonds. The first kappa shape index (κ1) is 14.9. The van der Waals surface area contributed by atoms with Gasteiger partial charge >= 0.3 is 0 Å². The molecular weight excluding hydrogens is 340 g/mol. The van der Waals surface area contributed by atoms with Crippen molar-refractivity contribution in [3.8, 4) is 0 Å². The highest BCUT2D eigenvalue weighted by molar-refractivity contribution is 9.10. The Morgan fingerprint density at radius 1 is 1.30 bits per heavy atom. The Hall–Kier alpha value is -1.52. The molecule has 0 saturated carbocycles. The van der Waals surface area contributed by atoms with Crippen LogP contribution in [0.2, 0.25) is 5.02 Å². The fraction of sp³-hybridized carbons (Fsp3) is 0.133. The van der Waals surface area contributed by atoms with E-state index in [-0.39, 0.29) is 5.91 Å². The summed E-state index contributed by atoms with van der Waals surface area (Å²) in [5, 5.41) is 0.649. The molecule has 0 fully saturated rings. The molecule has 0 aliphatic heterocycles. The zero-order valence-corrected chi connectivity index (χ0v) is 13.3. The van der Waals surface area contributed by atoms with Crippen LogP contribution in [0.5, 0.6) is 0 Å². The number of rotatable bonds is 3. The molecule has 0 unspecified atom stereocenters. The average Bonchev–Trinajstić information content (AvgIpc) is 2.40. The summed E-state index contributed by atoms with van der Waals surface area (Å²) in [7, 11) is 1.73. The second kappa shape index (κ2) is 6.29. The number of carbonyl (C=O) groups is 1.